The highest BCUT2D eigenvalue weighted by Gasteiger charge is 2.21. The number of aromatic hydroxyl groups is 1. The highest BCUT2D eigenvalue weighted by Crippen LogP contribution is 2.16. The molecular weight excluding hydrogens is 252 g/mol. The summed E-state index contributed by atoms with van der Waals surface area (Å²) in [5.74, 6) is 1.00. The van der Waals surface area contributed by atoms with Gasteiger partial charge in [-0.25, -0.2) is 4.79 Å². The van der Waals surface area contributed by atoms with Crippen molar-refractivity contribution in [1.82, 2.24) is 10.2 Å². The molecule has 0 radical (unpaired) electrons. The molecule has 1 aromatic rings. The lowest BCUT2D eigenvalue weighted by Crippen LogP contribution is -2.47. The van der Waals surface area contributed by atoms with Crippen LogP contribution in [0.5, 0.6) is 5.75 Å². The van der Waals surface area contributed by atoms with Gasteiger partial charge in [0.05, 0.1) is 0 Å². The van der Waals surface area contributed by atoms with Gasteiger partial charge in [0.25, 0.3) is 0 Å². The number of benzene rings is 1. The largest absolute Gasteiger partial charge is 0.508 e. The van der Waals surface area contributed by atoms with E-state index in [0.29, 0.717) is 0 Å². The van der Waals surface area contributed by atoms with Gasteiger partial charge in [0.15, 0.2) is 0 Å². The first-order valence-electron chi connectivity index (χ1n) is 7.38. The second-order valence-electron chi connectivity index (χ2n) is 5.89. The predicted molar refractivity (Wildman–Crippen MR) is 79.8 cm³/mol. The van der Waals surface area contributed by atoms with E-state index in [0.717, 1.165) is 43.8 Å². The number of carbonyl (C=O) groups is 1. The van der Waals surface area contributed by atoms with Crippen molar-refractivity contribution in [2.24, 2.45) is 5.92 Å². The summed E-state index contributed by atoms with van der Waals surface area (Å²) in [7, 11) is 0. The minimum absolute atomic E-state index is 0.0446. The zero-order valence-electron chi connectivity index (χ0n) is 12.3. The second kappa shape index (κ2) is 6.64. The number of nitrogens with one attached hydrogen (secondary N) is 1. The maximum absolute atomic E-state index is 12.1. The third-order valence-electron chi connectivity index (χ3n) is 3.92. The molecule has 0 spiro atoms. The van der Waals surface area contributed by atoms with Crippen LogP contribution in [-0.2, 0) is 6.42 Å². The van der Waals surface area contributed by atoms with E-state index in [2.05, 4.69) is 12.2 Å². The molecule has 110 valence electrons. The van der Waals surface area contributed by atoms with Crippen LogP contribution in [0.4, 0.5) is 4.79 Å². The van der Waals surface area contributed by atoms with Crippen LogP contribution in [0.1, 0.15) is 32.3 Å². The number of piperidine rings is 1. The smallest absolute Gasteiger partial charge is 0.317 e. The number of phenolic OH excluding ortho intramolecular Hbond substituents is 1. The Bertz CT molecular complexity index is 436. The Morgan fingerprint density at radius 1 is 1.35 bits per heavy atom. The third kappa shape index (κ3) is 4.15. The molecule has 1 heterocycles. The molecule has 1 aliphatic rings. The molecule has 1 atom stereocenters. The molecule has 0 bridgehead atoms. The zero-order valence-corrected chi connectivity index (χ0v) is 12.3. The first-order valence-corrected chi connectivity index (χ1v) is 7.38. The van der Waals surface area contributed by atoms with Gasteiger partial charge in [-0.15, -0.1) is 0 Å². The van der Waals surface area contributed by atoms with Crippen LogP contribution >= 0.6 is 0 Å². The minimum atomic E-state index is 0.0446. The standard InChI is InChI=1S/C16H24N2O2/c1-12-7-9-18(10-8-12)16(20)17-13(2)11-14-3-5-15(19)6-4-14/h3-6,12-13,19H,7-11H2,1-2H3,(H,17,20). The Labute approximate surface area is 120 Å². The highest BCUT2D eigenvalue weighted by molar-refractivity contribution is 5.74. The van der Waals surface area contributed by atoms with Crippen molar-refractivity contribution >= 4 is 6.03 Å². The summed E-state index contributed by atoms with van der Waals surface area (Å²) in [4.78, 5) is 14.0. The molecule has 4 heteroatoms. The van der Waals surface area contributed by atoms with E-state index in [9.17, 15) is 9.90 Å². The second-order valence-corrected chi connectivity index (χ2v) is 5.89. The third-order valence-corrected chi connectivity index (χ3v) is 3.92. The van der Waals surface area contributed by atoms with Gasteiger partial charge in [-0.1, -0.05) is 19.1 Å². The van der Waals surface area contributed by atoms with Gasteiger partial charge in [-0.3, -0.25) is 0 Å². The summed E-state index contributed by atoms with van der Waals surface area (Å²) in [6.07, 6.45) is 2.97. The van der Waals surface area contributed by atoms with Gasteiger partial charge in [0, 0.05) is 19.1 Å². The summed E-state index contributed by atoms with van der Waals surface area (Å²) in [5.41, 5.74) is 1.11. The maximum atomic E-state index is 12.1. The Balaban J connectivity index is 1.80. The fourth-order valence-corrected chi connectivity index (χ4v) is 2.55. The SMILES string of the molecule is CC1CCN(C(=O)NC(C)Cc2ccc(O)cc2)CC1. The number of likely N-dealkylation sites (tertiary alicyclic amines) is 1. The van der Waals surface area contributed by atoms with Crippen molar-refractivity contribution in [3.05, 3.63) is 29.8 Å². The van der Waals surface area contributed by atoms with Crippen LogP contribution < -0.4 is 5.32 Å². The van der Waals surface area contributed by atoms with Gasteiger partial charge >= 0.3 is 6.03 Å². The Morgan fingerprint density at radius 3 is 2.55 bits per heavy atom. The van der Waals surface area contributed by atoms with Crippen molar-refractivity contribution in [2.75, 3.05) is 13.1 Å². The molecule has 2 N–H and O–H groups in total. The number of hydrogen-bond acceptors (Lipinski definition) is 2. The molecule has 1 unspecified atom stereocenters. The van der Waals surface area contributed by atoms with Crippen LogP contribution in [0.25, 0.3) is 0 Å². The summed E-state index contributed by atoms with van der Waals surface area (Å²) in [6.45, 7) is 5.97. The number of carbonyl (C=O) groups excluding carboxylic acids is 1. The highest BCUT2D eigenvalue weighted by atomic mass is 16.3. The first kappa shape index (κ1) is 14.7. The van der Waals surface area contributed by atoms with Crippen LogP contribution in [0.15, 0.2) is 24.3 Å². The van der Waals surface area contributed by atoms with Gasteiger partial charge in [0.1, 0.15) is 5.75 Å². The Morgan fingerprint density at radius 2 is 1.95 bits per heavy atom. The quantitative estimate of drug-likeness (QED) is 0.892. The number of urea groups is 1. The van der Waals surface area contributed by atoms with E-state index in [1.807, 2.05) is 24.0 Å². The van der Waals surface area contributed by atoms with Crippen LogP contribution in [-0.4, -0.2) is 35.2 Å². The number of amides is 2. The normalized spacial score (nSPS) is 17.8. The molecule has 20 heavy (non-hydrogen) atoms. The average molecular weight is 276 g/mol. The van der Waals surface area contributed by atoms with E-state index in [-0.39, 0.29) is 17.8 Å². The molecule has 1 fully saturated rings. The van der Waals surface area contributed by atoms with Crippen molar-refractivity contribution in [1.29, 1.82) is 0 Å². The molecule has 0 aromatic heterocycles. The first-order chi connectivity index (χ1) is 9.54. The van der Waals surface area contributed by atoms with Crippen LogP contribution in [0.2, 0.25) is 0 Å². The molecule has 4 nitrogen and oxygen atoms in total. The maximum Gasteiger partial charge on any atom is 0.317 e. The Hall–Kier alpha value is -1.71. The van der Waals surface area contributed by atoms with Crippen molar-refractivity contribution in [3.8, 4) is 5.75 Å². The molecule has 0 saturated carbocycles. The lowest BCUT2D eigenvalue weighted by Gasteiger charge is -2.31. The number of phenols is 1. The number of hydrogen-bond donors (Lipinski definition) is 2. The summed E-state index contributed by atoms with van der Waals surface area (Å²) >= 11 is 0. The lowest BCUT2D eigenvalue weighted by atomic mass is 9.99. The molecule has 1 aromatic carbocycles. The monoisotopic (exact) mass is 276 g/mol. The van der Waals surface area contributed by atoms with Gasteiger partial charge in [-0.2, -0.15) is 0 Å². The fourth-order valence-electron chi connectivity index (χ4n) is 2.55. The van der Waals surface area contributed by atoms with E-state index >= 15 is 0 Å². The molecule has 0 aliphatic carbocycles. The Kier molecular flexibility index (Phi) is 4.88. The van der Waals surface area contributed by atoms with E-state index in [1.165, 1.54) is 0 Å². The summed E-state index contributed by atoms with van der Waals surface area (Å²) in [5, 5.41) is 12.3. The lowest BCUT2D eigenvalue weighted by molar-refractivity contribution is 0.171. The van der Waals surface area contributed by atoms with Crippen molar-refractivity contribution in [2.45, 2.75) is 39.2 Å². The summed E-state index contributed by atoms with van der Waals surface area (Å²) < 4.78 is 0. The average Bonchev–Trinajstić information content (AvgIpc) is 2.42. The van der Waals surface area contributed by atoms with Crippen LogP contribution in [0, 0.1) is 5.92 Å². The van der Waals surface area contributed by atoms with Crippen molar-refractivity contribution in [3.63, 3.8) is 0 Å². The van der Waals surface area contributed by atoms with Gasteiger partial charge < -0.3 is 15.3 Å². The molecule has 2 amide bonds. The molecule has 1 saturated heterocycles. The van der Waals surface area contributed by atoms with E-state index < -0.39 is 0 Å². The van der Waals surface area contributed by atoms with Crippen molar-refractivity contribution < 1.29 is 9.90 Å². The van der Waals surface area contributed by atoms with Crippen LogP contribution in [0.3, 0.4) is 0 Å². The van der Waals surface area contributed by atoms with Gasteiger partial charge in [-0.05, 0) is 49.8 Å². The topological polar surface area (TPSA) is 52.6 Å². The van der Waals surface area contributed by atoms with Gasteiger partial charge in [0.2, 0.25) is 0 Å². The summed E-state index contributed by atoms with van der Waals surface area (Å²) in [6, 6.07) is 7.27. The van der Waals surface area contributed by atoms with E-state index in [4.69, 9.17) is 0 Å². The molecular formula is C16H24N2O2. The fraction of sp³-hybridized carbons (Fsp3) is 0.562. The number of rotatable bonds is 3. The molecule has 1 aliphatic heterocycles. The zero-order chi connectivity index (χ0) is 14.5. The molecule has 2 rings (SSSR count). The number of nitrogens with zero attached hydrogens (tertiary/aromatic N) is 1. The van der Waals surface area contributed by atoms with E-state index in [1.54, 1.807) is 12.1 Å². The minimum Gasteiger partial charge on any atom is -0.508 e. The predicted octanol–water partition coefficient (Wildman–Crippen LogP) is 2.76.